The lowest BCUT2D eigenvalue weighted by molar-refractivity contribution is 0.482. The van der Waals surface area contributed by atoms with Crippen molar-refractivity contribution in [3.05, 3.63) is 29.8 Å². The summed E-state index contributed by atoms with van der Waals surface area (Å²) in [6.45, 7) is 1.50. The minimum absolute atomic E-state index is 0.320. The molecule has 0 aliphatic carbocycles. The SMILES string of the molecule is O=S(=O)([O-])SCCN1CCc2ccccc21. The van der Waals surface area contributed by atoms with Crippen molar-refractivity contribution < 1.29 is 13.0 Å². The zero-order chi connectivity index (χ0) is 11.6. The van der Waals surface area contributed by atoms with Gasteiger partial charge in [-0.25, -0.2) is 8.42 Å². The Balaban J connectivity index is 1.94. The van der Waals surface area contributed by atoms with Crippen molar-refractivity contribution in [2.75, 3.05) is 23.7 Å². The lowest BCUT2D eigenvalue weighted by Gasteiger charge is -2.19. The molecule has 16 heavy (non-hydrogen) atoms. The third-order valence-corrected chi connectivity index (χ3v) is 4.58. The van der Waals surface area contributed by atoms with E-state index in [4.69, 9.17) is 0 Å². The number of hydrogen-bond donors (Lipinski definition) is 0. The fourth-order valence-electron chi connectivity index (χ4n) is 1.89. The smallest absolute Gasteiger partial charge is 0.149 e. The maximum atomic E-state index is 10.4. The van der Waals surface area contributed by atoms with Crippen LogP contribution in [0.4, 0.5) is 5.69 Å². The molecule has 6 heteroatoms. The van der Waals surface area contributed by atoms with E-state index in [0.29, 0.717) is 23.1 Å². The van der Waals surface area contributed by atoms with Crippen LogP contribution in [0, 0.1) is 0 Å². The molecular formula is C10H12NO3S2-. The molecule has 0 aromatic heterocycles. The summed E-state index contributed by atoms with van der Waals surface area (Å²) in [6, 6.07) is 8.07. The average molecular weight is 258 g/mol. The first-order valence-electron chi connectivity index (χ1n) is 4.99. The molecule has 0 saturated carbocycles. The Morgan fingerprint density at radius 2 is 2.12 bits per heavy atom. The number of benzene rings is 1. The molecule has 4 nitrogen and oxygen atoms in total. The van der Waals surface area contributed by atoms with Crippen molar-refractivity contribution in [2.45, 2.75) is 6.42 Å². The van der Waals surface area contributed by atoms with Crippen LogP contribution in [-0.2, 0) is 15.6 Å². The molecule has 0 unspecified atom stereocenters. The molecule has 0 N–H and O–H groups in total. The van der Waals surface area contributed by atoms with E-state index >= 15 is 0 Å². The van der Waals surface area contributed by atoms with E-state index in [0.717, 1.165) is 18.7 Å². The van der Waals surface area contributed by atoms with E-state index in [9.17, 15) is 13.0 Å². The second-order valence-electron chi connectivity index (χ2n) is 3.60. The summed E-state index contributed by atoms with van der Waals surface area (Å²) in [7, 11) is -3.68. The van der Waals surface area contributed by atoms with E-state index in [1.165, 1.54) is 5.56 Å². The number of fused-ring (bicyclic) bond motifs is 1. The summed E-state index contributed by atoms with van der Waals surface area (Å²) >= 11 is 0. The number of anilines is 1. The minimum atomic E-state index is -4.15. The van der Waals surface area contributed by atoms with Crippen molar-refractivity contribution in [3.8, 4) is 0 Å². The van der Waals surface area contributed by atoms with Crippen LogP contribution in [-0.4, -0.2) is 31.8 Å². The molecule has 1 aliphatic rings. The molecule has 0 fully saturated rings. The third-order valence-electron chi connectivity index (χ3n) is 2.57. The van der Waals surface area contributed by atoms with Gasteiger partial charge < -0.3 is 9.45 Å². The summed E-state index contributed by atoms with van der Waals surface area (Å²) in [4.78, 5) is 2.12. The Morgan fingerprint density at radius 3 is 2.88 bits per heavy atom. The first-order valence-corrected chi connectivity index (χ1v) is 7.90. The quantitative estimate of drug-likeness (QED) is 0.600. The van der Waals surface area contributed by atoms with Gasteiger partial charge in [0.05, 0.1) is 0 Å². The van der Waals surface area contributed by atoms with E-state index < -0.39 is 9.15 Å². The molecule has 1 aromatic carbocycles. The fourth-order valence-corrected chi connectivity index (χ4v) is 3.22. The van der Waals surface area contributed by atoms with Gasteiger partial charge in [0.15, 0.2) is 0 Å². The van der Waals surface area contributed by atoms with Gasteiger partial charge in [-0.1, -0.05) is 18.2 Å². The molecule has 1 aliphatic heterocycles. The highest BCUT2D eigenvalue weighted by Gasteiger charge is 2.17. The van der Waals surface area contributed by atoms with Gasteiger partial charge in [-0.2, -0.15) is 0 Å². The molecule has 0 radical (unpaired) electrons. The second kappa shape index (κ2) is 4.65. The topological polar surface area (TPSA) is 60.4 Å². The Bertz CT molecular complexity index is 473. The largest absolute Gasteiger partial charge is 0.739 e. The molecule has 0 atom stereocenters. The number of nitrogens with zero attached hydrogens (tertiary/aromatic N) is 1. The molecule has 0 spiro atoms. The first-order chi connectivity index (χ1) is 7.56. The second-order valence-corrected chi connectivity index (χ2v) is 6.99. The molecular weight excluding hydrogens is 246 g/mol. The molecule has 0 amide bonds. The Labute approximate surface area is 98.8 Å². The van der Waals surface area contributed by atoms with Crippen LogP contribution in [0.2, 0.25) is 0 Å². The van der Waals surface area contributed by atoms with Crippen LogP contribution >= 0.6 is 10.8 Å². The summed E-state index contributed by atoms with van der Waals surface area (Å²) in [5, 5.41) is 0. The third kappa shape index (κ3) is 2.90. The summed E-state index contributed by atoms with van der Waals surface area (Å²) in [5.74, 6) is 0.320. The van der Waals surface area contributed by atoms with Crippen LogP contribution in [0.15, 0.2) is 24.3 Å². The van der Waals surface area contributed by atoms with Crippen LogP contribution in [0.5, 0.6) is 0 Å². The van der Waals surface area contributed by atoms with Gasteiger partial charge in [-0.3, -0.25) is 0 Å². The fraction of sp³-hybridized carbons (Fsp3) is 0.400. The molecule has 0 bridgehead atoms. The number of para-hydroxylation sites is 1. The minimum Gasteiger partial charge on any atom is -0.739 e. The van der Waals surface area contributed by atoms with Crippen molar-refractivity contribution in [1.29, 1.82) is 0 Å². The highest BCUT2D eigenvalue weighted by molar-refractivity contribution is 8.69. The highest BCUT2D eigenvalue weighted by atomic mass is 33.1. The predicted octanol–water partition coefficient (Wildman–Crippen LogP) is 1.24. The van der Waals surface area contributed by atoms with Crippen molar-refractivity contribution in [2.24, 2.45) is 0 Å². The molecule has 88 valence electrons. The maximum Gasteiger partial charge on any atom is 0.149 e. The van der Waals surface area contributed by atoms with Gasteiger partial charge in [0.2, 0.25) is 0 Å². The van der Waals surface area contributed by atoms with Crippen molar-refractivity contribution >= 4 is 25.6 Å². The Hall–Kier alpha value is -0.720. The number of hydrogen-bond acceptors (Lipinski definition) is 5. The Morgan fingerprint density at radius 1 is 1.38 bits per heavy atom. The summed E-state index contributed by atoms with van der Waals surface area (Å²) in [6.07, 6.45) is 0.991. The van der Waals surface area contributed by atoms with Gasteiger partial charge in [-0.05, 0) is 28.8 Å². The lowest BCUT2D eigenvalue weighted by Crippen LogP contribution is -2.23. The maximum absolute atomic E-state index is 10.4. The zero-order valence-electron chi connectivity index (χ0n) is 8.63. The van der Waals surface area contributed by atoms with Gasteiger partial charge in [0.1, 0.15) is 9.15 Å². The molecule has 1 heterocycles. The van der Waals surface area contributed by atoms with Gasteiger partial charge in [-0.15, -0.1) is 0 Å². The standard InChI is InChI=1S/C10H13NO3S2/c12-16(13,14)15-8-7-11-6-5-9-3-1-2-4-10(9)11/h1-4H,5-8H2,(H,12,13,14)/p-1. The summed E-state index contributed by atoms with van der Waals surface area (Å²) in [5.41, 5.74) is 2.45. The number of rotatable bonds is 4. The van der Waals surface area contributed by atoms with Gasteiger partial charge in [0.25, 0.3) is 0 Å². The van der Waals surface area contributed by atoms with Gasteiger partial charge >= 0.3 is 0 Å². The highest BCUT2D eigenvalue weighted by Crippen LogP contribution is 2.27. The normalized spacial score (nSPS) is 15.2. The molecule has 0 saturated heterocycles. The monoisotopic (exact) mass is 258 g/mol. The van der Waals surface area contributed by atoms with E-state index in [2.05, 4.69) is 11.0 Å². The van der Waals surface area contributed by atoms with Crippen LogP contribution in [0.25, 0.3) is 0 Å². The van der Waals surface area contributed by atoms with Crippen LogP contribution in [0.3, 0.4) is 0 Å². The van der Waals surface area contributed by atoms with Crippen molar-refractivity contribution in [1.82, 2.24) is 0 Å². The van der Waals surface area contributed by atoms with E-state index in [1.807, 2.05) is 18.2 Å². The average Bonchev–Trinajstić information content (AvgIpc) is 2.60. The van der Waals surface area contributed by atoms with E-state index in [-0.39, 0.29) is 0 Å². The summed E-state index contributed by atoms with van der Waals surface area (Å²) < 4.78 is 31.3. The molecule has 1 aromatic rings. The first kappa shape index (κ1) is 11.8. The van der Waals surface area contributed by atoms with E-state index in [1.54, 1.807) is 0 Å². The van der Waals surface area contributed by atoms with Gasteiger partial charge in [0, 0.05) is 24.5 Å². The predicted molar refractivity (Wildman–Crippen MR) is 64.5 cm³/mol. The lowest BCUT2D eigenvalue weighted by atomic mass is 10.2. The van der Waals surface area contributed by atoms with Crippen molar-refractivity contribution in [3.63, 3.8) is 0 Å². The van der Waals surface area contributed by atoms with Crippen LogP contribution < -0.4 is 4.90 Å². The Kier molecular flexibility index (Phi) is 3.41. The molecule has 2 rings (SSSR count). The zero-order valence-corrected chi connectivity index (χ0v) is 10.3. The van der Waals surface area contributed by atoms with Crippen LogP contribution in [0.1, 0.15) is 5.56 Å².